The molecule has 1 saturated carbocycles. The number of nitrogens with one attached hydrogen (secondary N) is 1. The predicted molar refractivity (Wildman–Crippen MR) is 84.8 cm³/mol. The zero-order valence-corrected chi connectivity index (χ0v) is 14.2. The molecule has 22 heavy (non-hydrogen) atoms. The van der Waals surface area contributed by atoms with Gasteiger partial charge in [0.2, 0.25) is 15.9 Å². The molecule has 0 aromatic rings. The van der Waals surface area contributed by atoms with Crippen LogP contribution in [0.3, 0.4) is 0 Å². The highest BCUT2D eigenvalue weighted by atomic mass is 32.2. The van der Waals surface area contributed by atoms with Gasteiger partial charge >= 0.3 is 0 Å². The predicted octanol–water partition coefficient (Wildman–Crippen LogP) is 0.717. The summed E-state index contributed by atoms with van der Waals surface area (Å²) < 4.78 is 24.4. The van der Waals surface area contributed by atoms with Gasteiger partial charge in [0.05, 0.1) is 12.9 Å². The number of rotatable bonds is 5. The first-order valence-corrected chi connectivity index (χ1v) is 10.0. The second-order valence-corrected chi connectivity index (χ2v) is 8.86. The number of aliphatic hydroxyl groups excluding tert-OH is 1. The SMILES string of the molecule is CS(=O)(=O)N1CCC(C(=O)NCC2(CO)CCCCC2)CC1. The van der Waals surface area contributed by atoms with E-state index in [1.54, 1.807) is 0 Å². The van der Waals surface area contributed by atoms with Crippen LogP contribution >= 0.6 is 0 Å². The standard InChI is InChI=1S/C15H28N2O4S/c1-22(20,21)17-9-5-13(6-10-17)14(19)16-11-15(12-18)7-3-2-4-8-15/h13,18H,2-12H2,1H3,(H,16,19). The number of carbonyl (C=O) groups excluding carboxylic acids is 1. The van der Waals surface area contributed by atoms with E-state index in [0.29, 0.717) is 32.5 Å². The van der Waals surface area contributed by atoms with Crippen LogP contribution in [0.15, 0.2) is 0 Å². The Labute approximate surface area is 133 Å². The molecule has 0 aromatic carbocycles. The average Bonchev–Trinajstić information content (AvgIpc) is 2.53. The third-order valence-electron chi connectivity index (χ3n) is 5.18. The molecule has 0 aromatic heterocycles. The van der Waals surface area contributed by atoms with Crippen molar-refractivity contribution in [2.75, 3.05) is 32.5 Å². The zero-order valence-electron chi connectivity index (χ0n) is 13.4. The fourth-order valence-corrected chi connectivity index (χ4v) is 4.44. The molecule has 1 amide bonds. The minimum absolute atomic E-state index is 0.00606. The summed E-state index contributed by atoms with van der Waals surface area (Å²) in [7, 11) is -3.15. The molecule has 0 radical (unpaired) electrons. The molecule has 2 fully saturated rings. The lowest BCUT2D eigenvalue weighted by Crippen LogP contribution is -2.46. The Morgan fingerprint density at radius 2 is 1.82 bits per heavy atom. The Hall–Kier alpha value is -0.660. The van der Waals surface area contributed by atoms with Crippen LogP contribution in [0.1, 0.15) is 44.9 Å². The Bertz CT molecular complexity index is 478. The summed E-state index contributed by atoms with van der Waals surface area (Å²) in [6, 6.07) is 0. The molecule has 0 spiro atoms. The normalized spacial score (nSPS) is 24.1. The first-order chi connectivity index (χ1) is 10.4. The maximum atomic E-state index is 12.3. The topological polar surface area (TPSA) is 86.7 Å². The number of aliphatic hydroxyl groups is 1. The monoisotopic (exact) mass is 332 g/mol. The highest BCUT2D eigenvalue weighted by Crippen LogP contribution is 2.35. The van der Waals surface area contributed by atoms with Crippen molar-refractivity contribution in [3.05, 3.63) is 0 Å². The summed E-state index contributed by atoms with van der Waals surface area (Å²) in [6.07, 6.45) is 7.73. The lowest BCUT2D eigenvalue weighted by atomic mass is 9.74. The second kappa shape index (κ2) is 7.27. The van der Waals surface area contributed by atoms with Crippen molar-refractivity contribution >= 4 is 15.9 Å². The quantitative estimate of drug-likeness (QED) is 0.776. The molecule has 1 saturated heterocycles. The molecular weight excluding hydrogens is 304 g/mol. The lowest BCUT2D eigenvalue weighted by molar-refractivity contribution is -0.127. The molecule has 1 heterocycles. The summed E-state index contributed by atoms with van der Waals surface area (Å²) in [5.74, 6) is -0.108. The number of nitrogens with zero attached hydrogens (tertiary/aromatic N) is 1. The van der Waals surface area contributed by atoms with Crippen molar-refractivity contribution in [1.82, 2.24) is 9.62 Å². The molecular formula is C15H28N2O4S. The molecule has 0 unspecified atom stereocenters. The van der Waals surface area contributed by atoms with Crippen LogP contribution in [0.4, 0.5) is 0 Å². The van der Waals surface area contributed by atoms with Crippen LogP contribution in [-0.4, -0.2) is 56.2 Å². The van der Waals surface area contributed by atoms with E-state index in [2.05, 4.69) is 5.32 Å². The Balaban J connectivity index is 1.81. The maximum Gasteiger partial charge on any atom is 0.223 e. The molecule has 6 nitrogen and oxygen atoms in total. The van der Waals surface area contributed by atoms with Crippen molar-refractivity contribution in [1.29, 1.82) is 0 Å². The first-order valence-electron chi connectivity index (χ1n) is 8.20. The molecule has 7 heteroatoms. The van der Waals surface area contributed by atoms with E-state index in [9.17, 15) is 18.3 Å². The van der Waals surface area contributed by atoms with E-state index in [1.165, 1.54) is 17.0 Å². The minimum atomic E-state index is -3.15. The van der Waals surface area contributed by atoms with Crippen LogP contribution in [0.25, 0.3) is 0 Å². The van der Waals surface area contributed by atoms with Gasteiger partial charge < -0.3 is 10.4 Å². The van der Waals surface area contributed by atoms with Gasteiger partial charge in [0, 0.05) is 31.0 Å². The molecule has 2 N–H and O–H groups in total. The number of carbonyl (C=O) groups is 1. The fourth-order valence-electron chi connectivity index (χ4n) is 3.56. The number of hydrogen-bond acceptors (Lipinski definition) is 4. The van der Waals surface area contributed by atoms with Crippen molar-refractivity contribution in [2.45, 2.75) is 44.9 Å². The number of hydrogen-bond donors (Lipinski definition) is 2. The number of piperidine rings is 1. The smallest absolute Gasteiger partial charge is 0.223 e. The lowest BCUT2D eigenvalue weighted by Gasteiger charge is -2.36. The van der Waals surface area contributed by atoms with Gasteiger partial charge in [0.15, 0.2) is 0 Å². The van der Waals surface area contributed by atoms with Crippen LogP contribution < -0.4 is 5.32 Å². The van der Waals surface area contributed by atoms with Crippen molar-refractivity contribution in [3.63, 3.8) is 0 Å². The van der Waals surface area contributed by atoms with Gasteiger partial charge in [-0.3, -0.25) is 4.79 Å². The highest BCUT2D eigenvalue weighted by molar-refractivity contribution is 7.88. The van der Waals surface area contributed by atoms with Gasteiger partial charge in [-0.15, -0.1) is 0 Å². The molecule has 0 atom stereocenters. The third kappa shape index (κ3) is 4.43. The molecule has 1 aliphatic heterocycles. The van der Waals surface area contributed by atoms with Crippen LogP contribution in [0.5, 0.6) is 0 Å². The van der Waals surface area contributed by atoms with Crippen LogP contribution in [0.2, 0.25) is 0 Å². The van der Waals surface area contributed by atoms with E-state index in [1.807, 2.05) is 0 Å². The highest BCUT2D eigenvalue weighted by Gasteiger charge is 2.34. The Kier molecular flexibility index (Phi) is 5.85. The third-order valence-corrected chi connectivity index (χ3v) is 6.48. The van der Waals surface area contributed by atoms with Crippen molar-refractivity contribution < 1.29 is 18.3 Å². The summed E-state index contributed by atoms with van der Waals surface area (Å²) in [5.41, 5.74) is -0.151. The molecule has 2 aliphatic rings. The largest absolute Gasteiger partial charge is 0.396 e. The van der Waals surface area contributed by atoms with E-state index in [-0.39, 0.29) is 23.8 Å². The Morgan fingerprint density at radius 3 is 2.32 bits per heavy atom. The van der Waals surface area contributed by atoms with Gasteiger partial charge in [0.1, 0.15) is 0 Å². The fraction of sp³-hybridized carbons (Fsp3) is 0.933. The van der Waals surface area contributed by atoms with E-state index in [0.717, 1.165) is 25.7 Å². The maximum absolute atomic E-state index is 12.3. The van der Waals surface area contributed by atoms with Crippen LogP contribution in [0, 0.1) is 11.3 Å². The summed E-state index contributed by atoms with van der Waals surface area (Å²) in [4.78, 5) is 12.3. The van der Waals surface area contributed by atoms with Gasteiger partial charge in [-0.05, 0) is 25.7 Å². The van der Waals surface area contributed by atoms with E-state index >= 15 is 0 Å². The summed E-state index contributed by atoms with van der Waals surface area (Å²) >= 11 is 0. The summed E-state index contributed by atoms with van der Waals surface area (Å²) in [5, 5.41) is 12.7. The zero-order chi connectivity index (χ0) is 16.2. The molecule has 0 bridgehead atoms. The Morgan fingerprint density at radius 1 is 1.23 bits per heavy atom. The molecule has 128 valence electrons. The molecule has 1 aliphatic carbocycles. The first kappa shape index (κ1) is 17.7. The molecule has 2 rings (SSSR count). The van der Waals surface area contributed by atoms with E-state index < -0.39 is 10.0 Å². The van der Waals surface area contributed by atoms with E-state index in [4.69, 9.17) is 0 Å². The number of amides is 1. The minimum Gasteiger partial charge on any atom is -0.396 e. The summed E-state index contributed by atoms with van der Waals surface area (Å²) in [6.45, 7) is 1.50. The average molecular weight is 332 g/mol. The van der Waals surface area contributed by atoms with Crippen molar-refractivity contribution in [2.24, 2.45) is 11.3 Å². The van der Waals surface area contributed by atoms with Crippen LogP contribution in [-0.2, 0) is 14.8 Å². The van der Waals surface area contributed by atoms with Gasteiger partial charge in [0.25, 0.3) is 0 Å². The second-order valence-electron chi connectivity index (χ2n) is 6.87. The van der Waals surface area contributed by atoms with Gasteiger partial charge in [-0.25, -0.2) is 12.7 Å². The van der Waals surface area contributed by atoms with Gasteiger partial charge in [-0.1, -0.05) is 19.3 Å². The number of sulfonamides is 1. The van der Waals surface area contributed by atoms with Crippen molar-refractivity contribution in [3.8, 4) is 0 Å². The van der Waals surface area contributed by atoms with Gasteiger partial charge in [-0.2, -0.15) is 0 Å².